The molecule has 1 aromatic carbocycles. The first kappa shape index (κ1) is 12.6. The molecule has 2 nitrogen and oxygen atoms in total. The fourth-order valence-corrected chi connectivity index (χ4v) is 2.39. The summed E-state index contributed by atoms with van der Waals surface area (Å²) in [6, 6.07) is 8.78. The molecule has 0 saturated carbocycles. The van der Waals surface area contributed by atoms with Crippen molar-refractivity contribution in [3.63, 3.8) is 0 Å². The van der Waals surface area contributed by atoms with E-state index in [1.54, 1.807) is 0 Å². The van der Waals surface area contributed by atoms with E-state index in [1.165, 1.54) is 30.4 Å². The average Bonchev–Trinajstić information content (AvgIpc) is 2.90. The van der Waals surface area contributed by atoms with E-state index in [2.05, 4.69) is 31.2 Å². The van der Waals surface area contributed by atoms with Gasteiger partial charge in [-0.1, -0.05) is 37.6 Å². The van der Waals surface area contributed by atoms with Gasteiger partial charge in [-0.25, -0.2) is 0 Å². The van der Waals surface area contributed by atoms with Crippen LogP contribution in [0.4, 0.5) is 0 Å². The van der Waals surface area contributed by atoms with Crippen LogP contribution < -0.4 is 5.73 Å². The molecule has 2 rings (SSSR count). The number of nitrogens with two attached hydrogens (primary N) is 1. The molecule has 1 aliphatic rings. The first-order valence-corrected chi connectivity index (χ1v) is 6.77. The zero-order chi connectivity index (χ0) is 12.1. The van der Waals surface area contributed by atoms with Crippen LogP contribution in [0.5, 0.6) is 0 Å². The van der Waals surface area contributed by atoms with E-state index in [0.29, 0.717) is 0 Å². The lowest BCUT2D eigenvalue weighted by molar-refractivity contribution is 0.0900. The predicted molar refractivity (Wildman–Crippen MR) is 71.0 cm³/mol. The van der Waals surface area contributed by atoms with Gasteiger partial charge in [0.25, 0.3) is 0 Å². The fraction of sp³-hybridized carbons (Fsp3) is 0.600. The van der Waals surface area contributed by atoms with Gasteiger partial charge in [0, 0.05) is 6.61 Å². The summed E-state index contributed by atoms with van der Waals surface area (Å²) in [6.07, 6.45) is 6.14. The third kappa shape index (κ3) is 3.30. The summed E-state index contributed by atoms with van der Waals surface area (Å²) in [5.41, 5.74) is 8.84. The number of unbranched alkanes of at least 4 members (excludes halogenated alkanes) is 1. The Morgan fingerprint density at radius 1 is 1.35 bits per heavy atom. The Morgan fingerprint density at radius 3 is 2.71 bits per heavy atom. The molecule has 2 N–H and O–H groups in total. The van der Waals surface area contributed by atoms with Crippen LogP contribution in [-0.2, 0) is 11.2 Å². The first-order chi connectivity index (χ1) is 8.31. The summed E-state index contributed by atoms with van der Waals surface area (Å²) in [4.78, 5) is 0. The van der Waals surface area contributed by atoms with Crippen molar-refractivity contribution in [3.05, 3.63) is 35.4 Å². The van der Waals surface area contributed by atoms with Gasteiger partial charge in [0.05, 0.1) is 12.1 Å². The van der Waals surface area contributed by atoms with Gasteiger partial charge in [-0.3, -0.25) is 0 Å². The van der Waals surface area contributed by atoms with Crippen LogP contribution in [0.1, 0.15) is 49.8 Å². The topological polar surface area (TPSA) is 35.2 Å². The molecular weight excluding hydrogens is 210 g/mol. The van der Waals surface area contributed by atoms with Gasteiger partial charge >= 0.3 is 0 Å². The van der Waals surface area contributed by atoms with Crippen molar-refractivity contribution >= 4 is 0 Å². The Morgan fingerprint density at radius 2 is 2.12 bits per heavy atom. The summed E-state index contributed by atoms with van der Waals surface area (Å²) in [7, 11) is 0. The van der Waals surface area contributed by atoms with Crippen LogP contribution in [-0.4, -0.2) is 12.7 Å². The van der Waals surface area contributed by atoms with Crippen LogP contribution >= 0.6 is 0 Å². The van der Waals surface area contributed by atoms with Crippen LogP contribution in [0.3, 0.4) is 0 Å². The minimum absolute atomic E-state index is 0.0396. The van der Waals surface area contributed by atoms with E-state index < -0.39 is 0 Å². The molecule has 0 aromatic heterocycles. The summed E-state index contributed by atoms with van der Waals surface area (Å²) in [6.45, 7) is 3.09. The highest BCUT2D eigenvalue weighted by molar-refractivity contribution is 5.25. The van der Waals surface area contributed by atoms with Crippen LogP contribution in [0, 0.1) is 0 Å². The van der Waals surface area contributed by atoms with E-state index >= 15 is 0 Å². The Hall–Kier alpha value is -0.860. The number of hydrogen-bond acceptors (Lipinski definition) is 2. The number of benzene rings is 1. The highest BCUT2D eigenvalue weighted by Gasteiger charge is 2.23. The first-order valence-electron chi connectivity index (χ1n) is 6.77. The summed E-state index contributed by atoms with van der Waals surface area (Å²) < 4.78 is 5.64. The van der Waals surface area contributed by atoms with E-state index in [4.69, 9.17) is 10.5 Å². The number of ether oxygens (including phenoxy) is 1. The van der Waals surface area contributed by atoms with E-state index in [9.17, 15) is 0 Å². The summed E-state index contributed by atoms with van der Waals surface area (Å²) >= 11 is 0. The summed E-state index contributed by atoms with van der Waals surface area (Å²) in [5.74, 6) is 0. The van der Waals surface area contributed by atoms with Gasteiger partial charge in [-0.05, 0) is 36.8 Å². The maximum absolute atomic E-state index is 6.23. The fourth-order valence-electron chi connectivity index (χ4n) is 2.39. The Kier molecular flexibility index (Phi) is 4.57. The van der Waals surface area contributed by atoms with Crippen molar-refractivity contribution in [1.29, 1.82) is 0 Å². The highest BCUT2D eigenvalue weighted by atomic mass is 16.5. The SMILES string of the molecule is CCCCc1ccc(C(N)C2CCCO2)cc1. The Labute approximate surface area is 104 Å². The van der Waals surface area contributed by atoms with Gasteiger partial charge in [0.2, 0.25) is 0 Å². The van der Waals surface area contributed by atoms with E-state index in [1.807, 2.05) is 0 Å². The van der Waals surface area contributed by atoms with Crippen molar-refractivity contribution in [2.75, 3.05) is 6.61 Å². The second-order valence-corrected chi connectivity index (χ2v) is 4.92. The van der Waals surface area contributed by atoms with Crippen LogP contribution in [0.15, 0.2) is 24.3 Å². The number of hydrogen-bond donors (Lipinski definition) is 1. The molecule has 0 aliphatic carbocycles. The minimum atomic E-state index is 0.0396. The van der Waals surface area contributed by atoms with E-state index in [-0.39, 0.29) is 12.1 Å². The summed E-state index contributed by atoms with van der Waals surface area (Å²) in [5, 5.41) is 0. The maximum atomic E-state index is 6.23. The van der Waals surface area contributed by atoms with Crippen molar-refractivity contribution in [1.82, 2.24) is 0 Å². The highest BCUT2D eigenvalue weighted by Crippen LogP contribution is 2.25. The van der Waals surface area contributed by atoms with Crippen molar-refractivity contribution < 1.29 is 4.74 Å². The number of rotatable bonds is 5. The predicted octanol–water partition coefficient (Wildman–Crippen LogP) is 3.21. The molecule has 1 aliphatic heterocycles. The molecule has 1 heterocycles. The maximum Gasteiger partial charge on any atom is 0.0768 e. The van der Waals surface area contributed by atoms with Gasteiger partial charge in [0.1, 0.15) is 0 Å². The van der Waals surface area contributed by atoms with Crippen molar-refractivity contribution in [3.8, 4) is 0 Å². The zero-order valence-corrected chi connectivity index (χ0v) is 10.7. The molecule has 0 radical (unpaired) electrons. The second kappa shape index (κ2) is 6.18. The van der Waals surface area contributed by atoms with Gasteiger partial charge in [-0.15, -0.1) is 0 Å². The lowest BCUT2D eigenvalue weighted by atomic mass is 9.98. The Bertz CT molecular complexity index is 327. The molecule has 2 heteroatoms. The molecule has 0 amide bonds. The quantitative estimate of drug-likeness (QED) is 0.847. The lowest BCUT2D eigenvalue weighted by Gasteiger charge is -2.19. The molecule has 94 valence electrons. The second-order valence-electron chi connectivity index (χ2n) is 4.92. The molecule has 2 atom stereocenters. The average molecular weight is 233 g/mol. The van der Waals surface area contributed by atoms with E-state index in [0.717, 1.165) is 19.4 Å². The Balaban J connectivity index is 1.96. The largest absolute Gasteiger partial charge is 0.376 e. The van der Waals surface area contributed by atoms with Crippen molar-refractivity contribution in [2.24, 2.45) is 5.73 Å². The van der Waals surface area contributed by atoms with Crippen LogP contribution in [0.25, 0.3) is 0 Å². The minimum Gasteiger partial charge on any atom is -0.376 e. The van der Waals surface area contributed by atoms with Crippen molar-refractivity contribution in [2.45, 2.75) is 51.2 Å². The molecule has 1 fully saturated rings. The third-order valence-electron chi connectivity index (χ3n) is 3.55. The monoisotopic (exact) mass is 233 g/mol. The van der Waals surface area contributed by atoms with Gasteiger partial charge in [-0.2, -0.15) is 0 Å². The molecular formula is C15H23NO. The molecule has 0 spiro atoms. The van der Waals surface area contributed by atoms with Crippen LogP contribution in [0.2, 0.25) is 0 Å². The molecule has 17 heavy (non-hydrogen) atoms. The third-order valence-corrected chi connectivity index (χ3v) is 3.55. The molecule has 1 aromatic rings. The molecule has 1 saturated heterocycles. The normalized spacial score (nSPS) is 21.6. The lowest BCUT2D eigenvalue weighted by Crippen LogP contribution is -2.25. The molecule has 0 bridgehead atoms. The standard InChI is InChI=1S/C15H23NO/c1-2-3-5-12-7-9-13(10-8-12)15(16)14-6-4-11-17-14/h7-10,14-15H,2-6,11,16H2,1H3. The zero-order valence-electron chi connectivity index (χ0n) is 10.7. The molecule has 2 unspecified atom stereocenters. The van der Waals surface area contributed by atoms with Gasteiger partial charge < -0.3 is 10.5 Å². The number of aryl methyl sites for hydroxylation is 1. The smallest absolute Gasteiger partial charge is 0.0768 e. The van der Waals surface area contributed by atoms with Gasteiger partial charge in [0.15, 0.2) is 0 Å².